The van der Waals surface area contributed by atoms with E-state index < -0.39 is 5.60 Å². The predicted octanol–water partition coefficient (Wildman–Crippen LogP) is 3.32. The highest BCUT2D eigenvalue weighted by Crippen LogP contribution is 2.26. The van der Waals surface area contributed by atoms with Crippen LogP contribution in [0.5, 0.6) is 0 Å². The molecule has 0 saturated heterocycles. The van der Waals surface area contributed by atoms with Gasteiger partial charge in [0.15, 0.2) is 5.65 Å². The van der Waals surface area contributed by atoms with Gasteiger partial charge in [0.1, 0.15) is 11.4 Å². The molecule has 1 aliphatic rings. The topological polar surface area (TPSA) is 80.5 Å². The number of alkyl carbamates (subject to hydrolysis) is 1. The van der Waals surface area contributed by atoms with Gasteiger partial charge in [0.2, 0.25) is 0 Å². The molecule has 0 aromatic carbocycles. The van der Waals surface area contributed by atoms with Crippen molar-refractivity contribution < 1.29 is 9.53 Å². The lowest BCUT2D eigenvalue weighted by molar-refractivity contribution is 0.0475. The molecule has 136 valence electrons. The molecule has 0 radical (unpaired) electrons. The van der Waals surface area contributed by atoms with Crippen LogP contribution in [0.15, 0.2) is 18.3 Å². The molecule has 0 bridgehead atoms. The van der Waals surface area contributed by atoms with Crippen molar-refractivity contribution in [2.45, 2.75) is 71.1 Å². The van der Waals surface area contributed by atoms with Crippen LogP contribution in [0.2, 0.25) is 0 Å². The number of carbonyl (C=O) groups is 1. The third kappa shape index (κ3) is 4.21. The summed E-state index contributed by atoms with van der Waals surface area (Å²) >= 11 is 0. The van der Waals surface area contributed by atoms with Crippen molar-refractivity contribution in [1.29, 1.82) is 0 Å². The summed E-state index contributed by atoms with van der Waals surface area (Å²) in [7, 11) is 0. The SMILES string of the molecule is CC(C)c1cc(N[C@H]2C[C@H](NC(=O)OC(C)(C)C)C2)n2nccc2n1. The second-order valence-corrected chi connectivity index (χ2v) is 7.98. The normalized spacial score (nSPS) is 20.4. The van der Waals surface area contributed by atoms with Crippen molar-refractivity contribution in [3.05, 3.63) is 24.0 Å². The lowest BCUT2D eigenvalue weighted by Gasteiger charge is -2.37. The fourth-order valence-corrected chi connectivity index (χ4v) is 2.87. The van der Waals surface area contributed by atoms with Gasteiger partial charge in [-0.3, -0.25) is 0 Å². The molecule has 7 heteroatoms. The highest BCUT2D eigenvalue weighted by molar-refractivity contribution is 5.68. The van der Waals surface area contributed by atoms with E-state index in [0.29, 0.717) is 12.0 Å². The van der Waals surface area contributed by atoms with Crippen LogP contribution in [0.1, 0.15) is 59.1 Å². The second-order valence-electron chi connectivity index (χ2n) is 7.98. The monoisotopic (exact) mass is 345 g/mol. The van der Waals surface area contributed by atoms with E-state index in [1.165, 1.54) is 0 Å². The van der Waals surface area contributed by atoms with Crippen molar-refractivity contribution in [3.8, 4) is 0 Å². The molecule has 3 rings (SSSR count). The minimum atomic E-state index is -0.471. The fourth-order valence-electron chi connectivity index (χ4n) is 2.87. The Morgan fingerprint density at radius 3 is 2.68 bits per heavy atom. The maximum atomic E-state index is 11.8. The number of anilines is 1. The molecular formula is C18H27N5O2. The summed E-state index contributed by atoms with van der Waals surface area (Å²) in [6.45, 7) is 9.85. The van der Waals surface area contributed by atoms with Gasteiger partial charge in [0, 0.05) is 29.9 Å². The van der Waals surface area contributed by atoms with Crippen molar-refractivity contribution in [2.24, 2.45) is 0 Å². The van der Waals surface area contributed by atoms with Gasteiger partial charge in [-0.15, -0.1) is 0 Å². The molecular weight excluding hydrogens is 318 g/mol. The van der Waals surface area contributed by atoms with Gasteiger partial charge in [0.25, 0.3) is 0 Å². The standard InChI is InChI=1S/C18H27N5O2/c1-11(2)14-10-16(23-15(22-14)6-7-19-23)20-12-8-13(9-12)21-17(24)25-18(3,4)5/h6-7,10-13,20H,8-9H2,1-5H3,(H,21,24)/t12-,13-. The summed E-state index contributed by atoms with van der Waals surface area (Å²) in [6.07, 6.45) is 3.13. The second kappa shape index (κ2) is 6.54. The number of rotatable bonds is 4. The minimum absolute atomic E-state index is 0.145. The molecule has 7 nitrogen and oxygen atoms in total. The predicted molar refractivity (Wildman–Crippen MR) is 96.9 cm³/mol. The lowest BCUT2D eigenvalue weighted by Crippen LogP contribution is -2.50. The summed E-state index contributed by atoms with van der Waals surface area (Å²) in [5.41, 5.74) is 1.41. The zero-order valence-electron chi connectivity index (χ0n) is 15.5. The van der Waals surface area contributed by atoms with Crippen LogP contribution in [0, 0.1) is 0 Å². The van der Waals surface area contributed by atoms with Gasteiger partial charge < -0.3 is 15.4 Å². The van der Waals surface area contributed by atoms with Gasteiger partial charge in [-0.05, 0) is 39.5 Å². The molecule has 2 heterocycles. The molecule has 1 amide bonds. The van der Waals surface area contributed by atoms with Crippen LogP contribution in [0.25, 0.3) is 5.65 Å². The Hall–Kier alpha value is -2.31. The Kier molecular flexibility index (Phi) is 4.58. The Labute approximate surface area is 148 Å². The number of amides is 1. The molecule has 0 unspecified atom stereocenters. The third-order valence-corrected chi connectivity index (χ3v) is 4.18. The zero-order valence-corrected chi connectivity index (χ0v) is 15.5. The van der Waals surface area contributed by atoms with Gasteiger partial charge in [-0.2, -0.15) is 9.61 Å². The van der Waals surface area contributed by atoms with Crippen molar-refractivity contribution >= 4 is 17.6 Å². The molecule has 0 aliphatic heterocycles. The smallest absolute Gasteiger partial charge is 0.407 e. The van der Waals surface area contributed by atoms with Crippen molar-refractivity contribution in [1.82, 2.24) is 19.9 Å². The molecule has 1 aliphatic carbocycles. The fraction of sp³-hybridized carbons (Fsp3) is 0.611. The van der Waals surface area contributed by atoms with Crippen molar-refractivity contribution in [3.63, 3.8) is 0 Å². The van der Waals surface area contributed by atoms with Crippen molar-refractivity contribution in [2.75, 3.05) is 5.32 Å². The molecule has 0 atom stereocenters. The number of fused-ring (bicyclic) bond motifs is 1. The van der Waals surface area contributed by atoms with E-state index >= 15 is 0 Å². The summed E-state index contributed by atoms with van der Waals surface area (Å²) in [6, 6.07) is 4.41. The number of hydrogen-bond donors (Lipinski definition) is 2. The first-order chi connectivity index (χ1) is 11.7. The largest absolute Gasteiger partial charge is 0.444 e. The van der Waals surface area contributed by atoms with Gasteiger partial charge in [-0.25, -0.2) is 9.78 Å². The van der Waals surface area contributed by atoms with Gasteiger partial charge >= 0.3 is 6.09 Å². The molecule has 1 saturated carbocycles. The maximum Gasteiger partial charge on any atom is 0.407 e. The lowest BCUT2D eigenvalue weighted by atomic mass is 9.87. The Bertz CT molecular complexity index is 756. The van der Waals surface area contributed by atoms with Crippen LogP contribution < -0.4 is 10.6 Å². The molecule has 2 aromatic rings. The van der Waals surface area contributed by atoms with Gasteiger partial charge in [-0.1, -0.05) is 13.8 Å². The van der Waals surface area contributed by atoms with E-state index in [1.807, 2.05) is 31.4 Å². The average Bonchev–Trinajstić information content (AvgIpc) is 2.91. The van der Waals surface area contributed by atoms with E-state index in [-0.39, 0.29) is 12.1 Å². The highest BCUT2D eigenvalue weighted by Gasteiger charge is 2.32. The van der Waals surface area contributed by atoms with E-state index in [1.54, 1.807) is 6.20 Å². The van der Waals surface area contributed by atoms with Crippen LogP contribution in [-0.2, 0) is 4.74 Å². The Morgan fingerprint density at radius 2 is 2.04 bits per heavy atom. The number of hydrogen-bond acceptors (Lipinski definition) is 5. The minimum Gasteiger partial charge on any atom is -0.444 e. The number of aromatic nitrogens is 3. The van der Waals surface area contributed by atoms with Gasteiger partial charge in [0.05, 0.1) is 6.20 Å². The molecule has 0 spiro atoms. The summed E-state index contributed by atoms with van der Waals surface area (Å²) < 4.78 is 7.11. The maximum absolute atomic E-state index is 11.8. The quantitative estimate of drug-likeness (QED) is 0.888. The first kappa shape index (κ1) is 17.5. The molecule has 25 heavy (non-hydrogen) atoms. The number of ether oxygens (including phenoxy) is 1. The average molecular weight is 345 g/mol. The first-order valence-electron chi connectivity index (χ1n) is 8.82. The highest BCUT2D eigenvalue weighted by atomic mass is 16.6. The zero-order chi connectivity index (χ0) is 18.2. The Balaban J connectivity index is 1.59. The number of carbonyl (C=O) groups excluding carboxylic acids is 1. The van der Waals surface area contributed by atoms with E-state index in [2.05, 4.69) is 40.6 Å². The first-order valence-corrected chi connectivity index (χ1v) is 8.82. The van der Waals surface area contributed by atoms with Crippen LogP contribution in [0.4, 0.5) is 10.6 Å². The molecule has 2 N–H and O–H groups in total. The van der Waals surface area contributed by atoms with E-state index in [4.69, 9.17) is 4.74 Å². The van der Waals surface area contributed by atoms with Crippen LogP contribution >= 0.6 is 0 Å². The number of nitrogens with zero attached hydrogens (tertiary/aromatic N) is 3. The third-order valence-electron chi connectivity index (χ3n) is 4.18. The molecule has 2 aromatic heterocycles. The summed E-state index contributed by atoms with van der Waals surface area (Å²) in [4.78, 5) is 16.4. The summed E-state index contributed by atoms with van der Waals surface area (Å²) in [5.74, 6) is 1.29. The summed E-state index contributed by atoms with van der Waals surface area (Å²) in [5, 5.41) is 10.8. The number of nitrogens with one attached hydrogen (secondary N) is 2. The molecule has 1 fully saturated rings. The van der Waals surface area contributed by atoms with E-state index in [0.717, 1.165) is 30.0 Å². The Morgan fingerprint density at radius 1 is 1.32 bits per heavy atom. The van der Waals surface area contributed by atoms with E-state index in [9.17, 15) is 4.79 Å². The van der Waals surface area contributed by atoms with Crippen LogP contribution in [0.3, 0.4) is 0 Å². The van der Waals surface area contributed by atoms with Crippen LogP contribution in [-0.4, -0.2) is 38.4 Å².